The quantitative estimate of drug-likeness (QED) is 0.790. The lowest BCUT2D eigenvalue weighted by Gasteiger charge is -2.26. The van der Waals surface area contributed by atoms with Crippen LogP contribution in [0, 0.1) is 6.92 Å². The van der Waals surface area contributed by atoms with Crippen LogP contribution in [0.3, 0.4) is 0 Å². The highest BCUT2D eigenvalue weighted by Gasteiger charge is 2.24. The maximum atomic E-state index is 5.98. The first-order chi connectivity index (χ1) is 8.25. The Morgan fingerprint density at radius 2 is 2.06 bits per heavy atom. The fraction of sp³-hybridized carbons (Fsp3) is 0.500. The Morgan fingerprint density at radius 1 is 1.29 bits per heavy atom. The van der Waals surface area contributed by atoms with Crippen molar-refractivity contribution >= 4 is 11.0 Å². The van der Waals surface area contributed by atoms with Gasteiger partial charge in [-0.3, -0.25) is 4.98 Å². The van der Waals surface area contributed by atoms with Crippen LogP contribution in [0.1, 0.15) is 42.9 Å². The van der Waals surface area contributed by atoms with Crippen molar-refractivity contribution in [1.29, 1.82) is 0 Å². The Balaban J connectivity index is 2.02. The zero-order chi connectivity index (χ0) is 11.8. The van der Waals surface area contributed by atoms with E-state index in [1.807, 2.05) is 12.3 Å². The Labute approximate surface area is 101 Å². The van der Waals surface area contributed by atoms with Gasteiger partial charge >= 0.3 is 0 Å². The molecule has 3 nitrogen and oxygen atoms in total. The van der Waals surface area contributed by atoms with E-state index in [1.165, 1.54) is 24.1 Å². The average molecular weight is 229 g/mol. The maximum absolute atomic E-state index is 5.98. The summed E-state index contributed by atoms with van der Waals surface area (Å²) in [6.07, 6.45) is 6.57. The minimum atomic E-state index is 0.407. The smallest absolute Gasteiger partial charge is 0.0916 e. The Kier molecular flexibility index (Phi) is 2.63. The average Bonchev–Trinajstić information content (AvgIpc) is 2.66. The number of rotatable bonds is 1. The zero-order valence-corrected chi connectivity index (χ0v) is 10.2. The molecule has 3 N–H and O–H groups in total. The first kappa shape index (κ1) is 10.8. The van der Waals surface area contributed by atoms with Crippen molar-refractivity contribution in [2.45, 2.75) is 44.6 Å². The number of aromatic nitrogens is 2. The van der Waals surface area contributed by atoms with Crippen molar-refractivity contribution in [2.75, 3.05) is 0 Å². The van der Waals surface area contributed by atoms with Crippen molar-refractivity contribution in [1.82, 2.24) is 9.97 Å². The van der Waals surface area contributed by atoms with Crippen LogP contribution >= 0.6 is 0 Å². The molecular weight excluding hydrogens is 210 g/mol. The molecule has 2 heterocycles. The van der Waals surface area contributed by atoms with Crippen molar-refractivity contribution in [3.8, 4) is 0 Å². The molecule has 17 heavy (non-hydrogen) atoms. The molecule has 0 radical (unpaired) electrons. The van der Waals surface area contributed by atoms with Crippen LogP contribution in [0.2, 0.25) is 0 Å². The number of nitrogens with two attached hydrogens (primary N) is 1. The van der Waals surface area contributed by atoms with Gasteiger partial charge in [0.1, 0.15) is 0 Å². The molecule has 2 aromatic heterocycles. The number of hydrogen-bond donors (Lipinski definition) is 2. The topological polar surface area (TPSA) is 54.7 Å². The van der Waals surface area contributed by atoms with Gasteiger partial charge in [0.05, 0.1) is 11.0 Å². The minimum absolute atomic E-state index is 0.407. The molecule has 0 bridgehead atoms. The summed E-state index contributed by atoms with van der Waals surface area (Å²) in [6.45, 7) is 2.16. The number of pyridine rings is 1. The summed E-state index contributed by atoms with van der Waals surface area (Å²) in [5.41, 5.74) is 11.0. The fourth-order valence-electron chi connectivity index (χ4n) is 3.08. The summed E-state index contributed by atoms with van der Waals surface area (Å²) < 4.78 is 0. The number of fused-ring (bicyclic) bond motifs is 1. The van der Waals surface area contributed by atoms with Crippen LogP contribution in [-0.2, 0) is 0 Å². The molecule has 0 atom stereocenters. The standard InChI is InChI=1S/C14H19N3/c1-9-13(10-4-6-11(15)7-5-10)14-12(17-9)3-2-8-16-14/h2-3,8,10-11,17H,4-7,15H2,1H3. The molecule has 1 aliphatic rings. The van der Waals surface area contributed by atoms with Crippen molar-refractivity contribution in [3.63, 3.8) is 0 Å². The molecule has 0 amide bonds. The highest BCUT2D eigenvalue weighted by atomic mass is 14.8. The minimum Gasteiger partial charge on any atom is -0.357 e. The molecule has 0 saturated heterocycles. The molecule has 1 aliphatic carbocycles. The van der Waals surface area contributed by atoms with Crippen LogP contribution in [0.5, 0.6) is 0 Å². The van der Waals surface area contributed by atoms with E-state index in [0.717, 1.165) is 23.9 Å². The molecular formula is C14H19N3. The molecule has 90 valence electrons. The van der Waals surface area contributed by atoms with Crippen molar-refractivity contribution in [3.05, 3.63) is 29.6 Å². The first-order valence-corrected chi connectivity index (χ1v) is 6.44. The summed E-state index contributed by atoms with van der Waals surface area (Å²) in [5.74, 6) is 0.637. The molecule has 3 rings (SSSR count). The third-order valence-electron chi connectivity index (χ3n) is 3.97. The lowest BCUT2D eigenvalue weighted by molar-refractivity contribution is 0.396. The number of aromatic amines is 1. The summed E-state index contributed by atoms with van der Waals surface area (Å²) in [7, 11) is 0. The Morgan fingerprint density at radius 3 is 2.82 bits per heavy atom. The number of nitrogens with one attached hydrogen (secondary N) is 1. The van der Waals surface area contributed by atoms with Gasteiger partial charge in [0, 0.05) is 23.5 Å². The van der Waals surface area contributed by atoms with Crippen LogP contribution < -0.4 is 5.73 Å². The highest BCUT2D eigenvalue weighted by Crippen LogP contribution is 2.37. The van der Waals surface area contributed by atoms with Crippen molar-refractivity contribution < 1.29 is 0 Å². The van der Waals surface area contributed by atoms with E-state index >= 15 is 0 Å². The summed E-state index contributed by atoms with van der Waals surface area (Å²) in [5, 5.41) is 0. The molecule has 0 unspecified atom stereocenters. The molecule has 2 aromatic rings. The second-order valence-electron chi connectivity index (χ2n) is 5.17. The number of nitrogens with zero attached hydrogens (tertiary/aromatic N) is 1. The molecule has 3 heteroatoms. The second kappa shape index (κ2) is 4.15. The molecule has 0 aliphatic heterocycles. The first-order valence-electron chi connectivity index (χ1n) is 6.44. The lowest BCUT2D eigenvalue weighted by atomic mass is 9.81. The van der Waals surface area contributed by atoms with Gasteiger partial charge in [0.25, 0.3) is 0 Å². The van der Waals surface area contributed by atoms with E-state index in [0.29, 0.717) is 12.0 Å². The normalized spacial score (nSPS) is 25.3. The molecule has 1 saturated carbocycles. The summed E-state index contributed by atoms with van der Waals surface area (Å²) in [4.78, 5) is 7.98. The number of aryl methyl sites for hydroxylation is 1. The second-order valence-corrected chi connectivity index (χ2v) is 5.17. The summed E-state index contributed by atoms with van der Waals surface area (Å²) in [6, 6.07) is 4.50. The van der Waals surface area contributed by atoms with E-state index in [1.54, 1.807) is 0 Å². The summed E-state index contributed by atoms with van der Waals surface area (Å²) >= 11 is 0. The van der Waals surface area contributed by atoms with Gasteiger partial charge < -0.3 is 10.7 Å². The zero-order valence-electron chi connectivity index (χ0n) is 10.2. The SMILES string of the molecule is Cc1[nH]c2cccnc2c1C1CCC(N)CC1. The molecule has 1 fully saturated rings. The third-order valence-corrected chi connectivity index (χ3v) is 3.97. The van der Waals surface area contributed by atoms with Crippen molar-refractivity contribution in [2.24, 2.45) is 5.73 Å². The fourth-order valence-corrected chi connectivity index (χ4v) is 3.08. The van der Waals surface area contributed by atoms with Crippen LogP contribution in [0.25, 0.3) is 11.0 Å². The highest BCUT2D eigenvalue weighted by molar-refractivity contribution is 5.80. The van der Waals surface area contributed by atoms with Gasteiger partial charge in [-0.05, 0) is 50.7 Å². The van der Waals surface area contributed by atoms with Crippen LogP contribution in [0.4, 0.5) is 0 Å². The van der Waals surface area contributed by atoms with E-state index in [9.17, 15) is 0 Å². The molecule has 0 aromatic carbocycles. The van der Waals surface area contributed by atoms with Gasteiger partial charge in [0.15, 0.2) is 0 Å². The van der Waals surface area contributed by atoms with E-state index in [2.05, 4.69) is 23.0 Å². The van der Waals surface area contributed by atoms with Gasteiger partial charge in [-0.2, -0.15) is 0 Å². The van der Waals surface area contributed by atoms with E-state index < -0.39 is 0 Å². The maximum Gasteiger partial charge on any atom is 0.0916 e. The van der Waals surface area contributed by atoms with Crippen LogP contribution in [-0.4, -0.2) is 16.0 Å². The van der Waals surface area contributed by atoms with Gasteiger partial charge in [0.2, 0.25) is 0 Å². The largest absolute Gasteiger partial charge is 0.357 e. The van der Waals surface area contributed by atoms with E-state index in [-0.39, 0.29) is 0 Å². The van der Waals surface area contributed by atoms with Gasteiger partial charge in [-0.1, -0.05) is 0 Å². The molecule has 0 spiro atoms. The Hall–Kier alpha value is -1.35. The number of hydrogen-bond acceptors (Lipinski definition) is 2. The third kappa shape index (κ3) is 1.84. The lowest BCUT2D eigenvalue weighted by Crippen LogP contribution is -2.25. The predicted molar refractivity (Wildman–Crippen MR) is 70.0 cm³/mol. The monoisotopic (exact) mass is 229 g/mol. The number of H-pyrrole nitrogens is 1. The van der Waals surface area contributed by atoms with E-state index in [4.69, 9.17) is 5.73 Å². The van der Waals surface area contributed by atoms with Gasteiger partial charge in [-0.25, -0.2) is 0 Å². The Bertz CT molecular complexity index is 521. The van der Waals surface area contributed by atoms with Crippen LogP contribution in [0.15, 0.2) is 18.3 Å². The predicted octanol–water partition coefficient (Wildman–Crippen LogP) is 2.86. The van der Waals surface area contributed by atoms with Gasteiger partial charge in [-0.15, -0.1) is 0 Å².